The first-order valence-corrected chi connectivity index (χ1v) is 16.6. The molecule has 4 aromatic heterocycles. The Labute approximate surface area is 279 Å². The van der Waals surface area contributed by atoms with Gasteiger partial charge in [0.2, 0.25) is 6.86 Å². The summed E-state index contributed by atoms with van der Waals surface area (Å²) in [6, 6.07) is 23.8. The fourth-order valence-electron chi connectivity index (χ4n) is 6.37. The smallest absolute Gasteiger partial charge is 0.228 e. The van der Waals surface area contributed by atoms with E-state index in [0.717, 1.165) is 78.6 Å². The largest absolute Gasteiger partial charge is 0.497 e. The number of ether oxygens (including phenoxy) is 2. The van der Waals surface area contributed by atoms with Crippen molar-refractivity contribution < 1.29 is 18.3 Å². The molecule has 0 radical (unpaired) electrons. The lowest BCUT2D eigenvalue weighted by atomic mass is 9.94. The number of alkyl halides is 2. The van der Waals surface area contributed by atoms with Crippen molar-refractivity contribution in [2.24, 2.45) is 5.92 Å². The van der Waals surface area contributed by atoms with E-state index in [0.29, 0.717) is 18.1 Å². The van der Waals surface area contributed by atoms with Crippen LogP contribution in [0.25, 0.3) is 33.8 Å². The van der Waals surface area contributed by atoms with E-state index >= 15 is 0 Å². The van der Waals surface area contributed by atoms with Gasteiger partial charge >= 0.3 is 0 Å². The Kier molecular flexibility index (Phi) is 9.40. The Morgan fingerprint density at radius 3 is 1.67 bits per heavy atom. The van der Waals surface area contributed by atoms with Crippen molar-refractivity contribution in [3.8, 4) is 34.0 Å². The fraction of sp³-hybridized carbons (Fsp3) is 0.316. The Balaban J connectivity index is 0.000000154. The van der Waals surface area contributed by atoms with Gasteiger partial charge in [-0.05, 0) is 92.3 Å². The summed E-state index contributed by atoms with van der Waals surface area (Å²) in [6.07, 6.45) is 12.3. The zero-order valence-electron chi connectivity index (χ0n) is 27.1. The number of nitrogens with zero attached hydrogens (tertiary/aromatic N) is 6. The number of pyridine rings is 2. The number of benzene rings is 2. The van der Waals surface area contributed by atoms with Gasteiger partial charge in [-0.2, -0.15) is 0 Å². The number of imidazole rings is 2. The number of hydrogen-bond donors (Lipinski definition) is 0. The standard InChI is InChI=1S/C21H24FN3O.C17H16FN3O/c1-26-19-4-2-17(3-5-19)20-15-25-13-9-18(14-21(25)23-20)24-11-7-16(6-10-22)8-12-24;18-12-22-15-4-2-13(3-5-15)16-11-21-9-6-14(10-17(21)19-16)20-7-1-8-20/h2-5,9,13-16H,6-8,10-12H2,1H3;2-6,9-11H,1,7-8,12H2. The molecule has 0 atom stereocenters. The maximum absolute atomic E-state index is 12.5. The van der Waals surface area contributed by atoms with Crippen molar-refractivity contribution >= 4 is 22.7 Å². The molecule has 6 heterocycles. The predicted octanol–water partition coefficient (Wildman–Crippen LogP) is 8.10. The maximum atomic E-state index is 12.5. The van der Waals surface area contributed by atoms with E-state index < -0.39 is 6.86 Å². The molecule has 2 saturated heterocycles. The molecule has 0 bridgehead atoms. The Bertz CT molecular complexity index is 1940. The van der Waals surface area contributed by atoms with Crippen LogP contribution in [0.3, 0.4) is 0 Å². The summed E-state index contributed by atoms with van der Waals surface area (Å²) < 4.78 is 38.8. The molecule has 2 aliphatic rings. The van der Waals surface area contributed by atoms with Gasteiger partial charge in [0.25, 0.3) is 0 Å². The lowest BCUT2D eigenvalue weighted by Gasteiger charge is -2.33. The number of aromatic nitrogens is 4. The van der Waals surface area contributed by atoms with E-state index in [1.165, 1.54) is 17.8 Å². The second-order valence-corrected chi connectivity index (χ2v) is 12.3. The molecule has 2 aliphatic heterocycles. The molecule has 0 amide bonds. The predicted molar refractivity (Wildman–Crippen MR) is 187 cm³/mol. The minimum atomic E-state index is -0.813. The van der Waals surface area contributed by atoms with E-state index in [1.807, 2.05) is 53.2 Å². The topological polar surface area (TPSA) is 59.5 Å². The molecule has 248 valence electrons. The summed E-state index contributed by atoms with van der Waals surface area (Å²) in [4.78, 5) is 14.2. The molecule has 8 nitrogen and oxygen atoms in total. The van der Waals surface area contributed by atoms with Crippen LogP contribution < -0.4 is 19.3 Å². The van der Waals surface area contributed by atoms with E-state index in [2.05, 4.69) is 55.8 Å². The van der Waals surface area contributed by atoms with E-state index in [9.17, 15) is 8.78 Å². The summed E-state index contributed by atoms with van der Waals surface area (Å²) >= 11 is 0. The number of halogens is 2. The van der Waals surface area contributed by atoms with Crippen LogP contribution >= 0.6 is 0 Å². The van der Waals surface area contributed by atoms with Gasteiger partial charge in [-0.25, -0.2) is 14.4 Å². The molecule has 2 aromatic carbocycles. The lowest BCUT2D eigenvalue weighted by molar-refractivity contribution is 0.192. The SMILES string of the molecule is COc1ccc(-c2cn3ccc(N4CCC(CCF)CC4)cc3n2)cc1.FCOc1ccc(-c2cn3ccc(N4CCC4)cc3n2)cc1. The zero-order valence-corrected chi connectivity index (χ0v) is 27.1. The molecule has 0 aliphatic carbocycles. The Hall–Kier alpha value is -5.12. The van der Waals surface area contributed by atoms with Crippen LogP contribution in [-0.2, 0) is 0 Å². The molecule has 0 saturated carbocycles. The first kappa shape index (κ1) is 31.5. The molecule has 0 unspecified atom stereocenters. The summed E-state index contributed by atoms with van der Waals surface area (Å²) in [6.45, 7) is 3.23. The van der Waals surface area contributed by atoms with E-state index in [4.69, 9.17) is 14.5 Å². The van der Waals surface area contributed by atoms with Crippen molar-refractivity contribution in [3.05, 3.63) is 97.6 Å². The Morgan fingerprint density at radius 2 is 1.21 bits per heavy atom. The normalized spacial score (nSPS) is 14.9. The third-order valence-corrected chi connectivity index (χ3v) is 9.36. The average Bonchev–Trinajstić information content (AvgIpc) is 3.73. The highest BCUT2D eigenvalue weighted by molar-refractivity contribution is 5.67. The van der Waals surface area contributed by atoms with Crippen LogP contribution in [-0.4, -0.2) is 65.6 Å². The van der Waals surface area contributed by atoms with Gasteiger partial charge in [0.1, 0.15) is 22.8 Å². The highest BCUT2D eigenvalue weighted by atomic mass is 19.1. The number of piperidine rings is 1. The molecule has 48 heavy (non-hydrogen) atoms. The molecule has 8 rings (SSSR count). The van der Waals surface area contributed by atoms with Gasteiger partial charge in [-0.1, -0.05) is 0 Å². The first-order chi connectivity index (χ1) is 23.6. The summed E-state index contributed by atoms with van der Waals surface area (Å²) in [7, 11) is 1.67. The fourth-order valence-corrected chi connectivity index (χ4v) is 6.37. The van der Waals surface area contributed by atoms with Crippen LogP contribution in [0.4, 0.5) is 20.2 Å². The minimum absolute atomic E-state index is 0.196. The Morgan fingerprint density at radius 1 is 0.688 bits per heavy atom. The molecule has 0 N–H and O–H groups in total. The molecule has 6 aromatic rings. The second kappa shape index (κ2) is 14.3. The highest BCUT2D eigenvalue weighted by Gasteiger charge is 2.20. The number of anilines is 2. The second-order valence-electron chi connectivity index (χ2n) is 12.3. The number of hydrogen-bond acceptors (Lipinski definition) is 6. The molecular formula is C38H40F2N6O2. The average molecular weight is 651 g/mol. The van der Waals surface area contributed by atoms with Gasteiger partial charge in [0, 0.05) is 85.6 Å². The number of fused-ring (bicyclic) bond motifs is 2. The highest BCUT2D eigenvalue weighted by Crippen LogP contribution is 2.29. The monoisotopic (exact) mass is 650 g/mol. The number of rotatable bonds is 9. The number of methoxy groups -OCH3 is 1. The van der Waals surface area contributed by atoms with Crippen LogP contribution in [0.15, 0.2) is 97.6 Å². The summed E-state index contributed by atoms with van der Waals surface area (Å²) in [5.41, 5.74) is 8.20. The summed E-state index contributed by atoms with van der Waals surface area (Å²) in [5.74, 6) is 1.90. The van der Waals surface area contributed by atoms with Gasteiger partial charge in [0.15, 0.2) is 0 Å². The van der Waals surface area contributed by atoms with Gasteiger partial charge in [-0.3, -0.25) is 4.39 Å². The minimum Gasteiger partial charge on any atom is -0.497 e. The maximum Gasteiger partial charge on any atom is 0.228 e. The van der Waals surface area contributed by atoms with E-state index in [1.54, 1.807) is 19.2 Å². The first-order valence-electron chi connectivity index (χ1n) is 16.6. The quantitative estimate of drug-likeness (QED) is 0.158. The van der Waals surface area contributed by atoms with Crippen molar-refractivity contribution in [2.45, 2.75) is 25.7 Å². The van der Waals surface area contributed by atoms with Crippen molar-refractivity contribution in [1.82, 2.24) is 18.8 Å². The molecule has 0 spiro atoms. The third-order valence-electron chi connectivity index (χ3n) is 9.36. The van der Waals surface area contributed by atoms with E-state index in [-0.39, 0.29) is 6.67 Å². The van der Waals surface area contributed by atoms with Gasteiger partial charge in [0.05, 0.1) is 25.2 Å². The third kappa shape index (κ3) is 6.93. The van der Waals surface area contributed by atoms with Crippen LogP contribution in [0.1, 0.15) is 25.7 Å². The van der Waals surface area contributed by atoms with Crippen LogP contribution in [0.2, 0.25) is 0 Å². The zero-order chi connectivity index (χ0) is 32.9. The van der Waals surface area contributed by atoms with Gasteiger partial charge in [-0.15, -0.1) is 0 Å². The molecule has 2 fully saturated rings. The van der Waals surface area contributed by atoms with Crippen molar-refractivity contribution in [3.63, 3.8) is 0 Å². The van der Waals surface area contributed by atoms with Crippen molar-refractivity contribution in [2.75, 3.05) is 56.6 Å². The van der Waals surface area contributed by atoms with Crippen molar-refractivity contribution in [1.29, 1.82) is 0 Å². The summed E-state index contributed by atoms with van der Waals surface area (Å²) in [5, 5.41) is 0. The lowest BCUT2D eigenvalue weighted by Crippen LogP contribution is -2.36. The van der Waals surface area contributed by atoms with Crippen LogP contribution in [0.5, 0.6) is 11.5 Å². The van der Waals surface area contributed by atoms with Gasteiger partial charge < -0.3 is 28.1 Å². The van der Waals surface area contributed by atoms with Crippen LogP contribution in [0, 0.1) is 5.92 Å². The molecule has 10 heteroatoms. The molecular weight excluding hydrogens is 610 g/mol.